The van der Waals surface area contributed by atoms with Crippen LogP contribution in [0.1, 0.15) is 16.8 Å². The number of carbonyl (C=O) groups is 2. The Morgan fingerprint density at radius 1 is 0.971 bits per heavy atom. The van der Waals surface area contributed by atoms with Crippen LogP contribution in [-0.2, 0) is 19.6 Å². The fourth-order valence-corrected chi connectivity index (χ4v) is 3.91. The summed E-state index contributed by atoms with van der Waals surface area (Å²) in [5.41, 5.74) is 0.180. The molecule has 0 fully saturated rings. The molecule has 0 unspecified atom stereocenters. The van der Waals surface area contributed by atoms with E-state index in [2.05, 4.69) is 20.1 Å². The van der Waals surface area contributed by atoms with E-state index in [1.165, 1.54) is 36.3 Å². The van der Waals surface area contributed by atoms with Crippen molar-refractivity contribution in [2.75, 3.05) is 32.1 Å². The number of esters is 2. The maximum absolute atomic E-state index is 12.3. The molecule has 2 aromatic carbocycles. The standard InChI is InChI=1S/C23H25N5O6S/c1-28(27-35(31,32)20-6-3-2-4-7-20)16-12-21(29)34-22(30)18-8-10-19(11-9-18)33-17-15-26-23-24-13-5-14-25-23/h2-11,13-14,27H,12,15-17H2,1H3,(H,24,25,26). The van der Waals surface area contributed by atoms with Crippen LogP contribution in [-0.4, -0.2) is 62.1 Å². The Hall–Kier alpha value is -3.87. The van der Waals surface area contributed by atoms with Crippen molar-refractivity contribution >= 4 is 27.9 Å². The van der Waals surface area contributed by atoms with E-state index in [9.17, 15) is 18.0 Å². The molecule has 0 atom stereocenters. The van der Waals surface area contributed by atoms with Crippen molar-refractivity contribution in [3.05, 3.63) is 78.6 Å². The molecule has 2 N–H and O–H groups in total. The fourth-order valence-electron chi connectivity index (χ4n) is 2.78. The van der Waals surface area contributed by atoms with Gasteiger partial charge >= 0.3 is 11.9 Å². The lowest BCUT2D eigenvalue weighted by molar-refractivity contribution is -0.138. The zero-order chi connectivity index (χ0) is 25.1. The predicted octanol–water partition coefficient (Wildman–Crippen LogP) is 1.87. The number of rotatable bonds is 12. The minimum atomic E-state index is -3.77. The number of aromatic nitrogens is 2. The second kappa shape index (κ2) is 12.6. The van der Waals surface area contributed by atoms with Crippen molar-refractivity contribution in [1.82, 2.24) is 19.8 Å². The summed E-state index contributed by atoms with van der Waals surface area (Å²) in [6.45, 7) is 0.841. The van der Waals surface area contributed by atoms with Gasteiger partial charge in [-0.05, 0) is 42.5 Å². The summed E-state index contributed by atoms with van der Waals surface area (Å²) in [5.74, 6) is -0.554. The van der Waals surface area contributed by atoms with E-state index in [-0.39, 0.29) is 23.4 Å². The van der Waals surface area contributed by atoms with Gasteiger partial charge in [0.2, 0.25) is 5.95 Å². The molecule has 0 bridgehead atoms. The Balaban J connectivity index is 1.38. The van der Waals surface area contributed by atoms with Crippen LogP contribution in [0.5, 0.6) is 5.75 Å². The van der Waals surface area contributed by atoms with Gasteiger partial charge in [0.1, 0.15) is 12.4 Å². The molecule has 1 aromatic heterocycles. The van der Waals surface area contributed by atoms with Crippen molar-refractivity contribution in [3.63, 3.8) is 0 Å². The Morgan fingerprint density at radius 3 is 2.34 bits per heavy atom. The highest BCUT2D eigenvalue weighted by Gasteiger charge is 2.18. The molecule has 12 heteroatoms. The highest BCUT2D eigenvalue weighted by molar-refractivity contribution is 7.89. The molecule has 3 rings (SSSR count). The first-order valence-corrected chi connectivity index (χ1v) is 12.1. The average Bonchev–Trinajstić information content (AvgIpc) is 2.86. The third kappa shape index (κ3) is 8.45. The lowest BCUT2D eigenvalue weighted by Crippen LogP contribution is -2.40. The number of sulfonamides is 1. The third-order valence-electron chi connectivity index (χ3n) is 4.50. The summed E-state index contributed by atoms with van der Waals surface area (Å²) >= 11 is 0. The smallest absolute Gasteiger partial charge is 0.345 e. The van der Waals surface area contributed by atoms with Gasteiger partial charge in [-0.25, -0.2) is 28.2 Å². The van der Waals surface area contributed by atoms with E-state index < -0.39 is 22.0 Å². The molecule has 0 aliphatic carbocycles. The molecule has 0 spiro atoms. The molecule has 0 aliphatic rings. The second-order valence-electron chi connectivity index (χ2n) is 7.21. The number of nitrogens with zero attached hydrogens (tertiary/aromatic N) is 3. The van der Waals surface area contributed by atoms with Gasteiger partial charge < -0.3 is 14.8 Å². The molecule has 11 nitrogen and oxygen atoms in total. The van der Waals surface area contributed by atoms with Crippen LogP contribution in [0.4, 0.5) is 5.95 Å². The van der Waals surface area contributed by atoms with Gasteiger partial charge in [0, 0.05) is 26.0 Å². The molecule has 3 aromatic rings. The SMILES string of the molecule is CN(CCC(=O)OC(=O)c1ccc(OCCNc2ncccn2)cc1)NS(=O)(=O)c1ccccc1. The Labute approximate surface area is 203 Å². The molecular weight excluding hydrogens is 474 g/mol. The highest BCUT2D eigenvalue weighted by Crippen LogP contribution is 2.13. The van der Waals surface area contributed by atoms with E-state index in [1.54, 1.807) is 48.8 Å². The topological polar surface area (TPSA) is 140 Å². The largest absolute Gasteiger partial charge is 0.492 e. The predicted molar refractivity (Wildman–Crippen MR) is 127 cm³/mol. The van der Waals surface area contributed by atoms with E-state index >= 15 is 0 Å². The van der Waals surface area contributed by atoms with Gasteiger partial charge in [0.25, 0.3) is 10.0 Å². The van der Waals surface area contributed by atoms with Crippen LogP contribution in [0.3, 0.4) is 0 Å². The summed E-state index contributed by atoms with van der Waals surface area (Å²) in [4.78, 5) is 34.8. The number of nitrogens with one attached hydrogen (secondary N) is 2. The number of hydrazine groups is 1. The number of hydrogen-bond acceptors (Lipinski definition) is 10. The maximum Gasteiger partial charge on any atom is 0.345 e. The molecule has 0 amide bonds. The van der Waals surface area contributed by atoms with Gasteiger partial charge in [-0.1, -0.05) is 18.2 Å². The van der Waals surface area contributed by atoms with E-state index in [0.717, 1.165) is 0 Å². The Kier molecular flexibility index (Phi) is 9.23. The van der Waals surface area contributed by atoms with Crippen LogP contribution in [0.2, 0.25) is 0 Å². The van der Waals surface area contributed by atoms with Gasteiger partial charge in [-0.15, -0.1) is 4.83 Å². The third-order valence-corrected chi connectivity index (χ3v) is 5.94. The zero-order valence-corrected chi connectivity index (χ0v) is 19.8. The first-order chi connectivity index (χ1) is 16.8. The van der Waals surface area contributed by atoms with Gasteiger partial charge in [-0.3, -0.25) is 4.79 Å². The Bertz CT molecular complexity index is 1210. The second-order valence-corrected chi connectivity index (χ2v) is 8.87. The van der Waals surface area contributed by atoms with E-state index in [4.69, 9.17) is 9.47 Å². The summed E-state index contributed by atoms with van der Waals surface area (Å²) in [7, 11) is -2.30. The van der Waals surface area contributed by atoms with Crippen molar-refractivity contribution in [2.24, 2.45) is 0 Å². The number of anilines is 1. The number of hydrogen-bond donors (Lipinski definition) is 2. The zero-order valence-electron chi connectivity index (χ0n) is 19.0. The summed E-state index contributed by atoms with van der Waals surface area (Å²) in [6.07, 6.45) is 3.06. The van der Waals surface area contributed by atoms with Crippen LogP contribution < -0.4 is 14.9 Å². The molecule has 0 radical (unpaired) electrons. The minimum absolute atomic E-state index is 0.00696. The molecule has 0 aliphatic heterocycles. The lowest BCUT2D eigenvalue weighted by Gasteiger charge is -2.17. The van der Waals surface area contributed by atoms with Crippen LogP contribution >= 0.6 is 0 Å². The molecule has 35 heavy (non-hydrogen) atoms. The van der Waals surface area contributed by atoms with Crippen LogP contribution in [0.25, 0.3) is 0 Å². The number of benzene rings is 2. The average molecular weight is 500 g/mol. The maximum atomic E-state index is 12.3. The molecule has 0 saturated heterocycles. The first-order valence-electron chi connectivity index (χ1n) is 10.6. The quantitative estimate of drug-likeness (QED) is 0.164. The molecule has 0 saturated carbocycles. The summed E-state index contributed by atoms with van der Waals surface area (Å²) < 4.78 is 35.0. The minimum Gasteiger partial charge on any atom is -0.492 e. The van der Waals surface area contributed by atoms with Crippen molar-refractivity contribution in [3.8, 4) is 5.75 Å². The van der Waals surface area contributed by atoms with Gasteiger partial charge in [0.15, 0.2) is 0 Å². The monoisotopic (exact) mass is 499 g/mol. The molecule has 184 valence electrons. The van der Waals surface area contributed by atoms with Crippen molar-refractivity contribution in [2.45, 2.75) is 11.3 Å². The fraction of sp³-hybridized carbons (Fsp3) is 0.217. The Morgan fingerprint density at radius 2 is 1.66 bits per heavy atom. The van der Waals surface area contributed by atoms with E-state index in [0.29, 0.717) is 24.8 Å². The first kappa shape index (κ1) is 25.7. The lowest BCUT2D eigenvalue weighted by atomic mass is 10.2. The van der Waals surface area contributed by atoms with Crippen molar-refractivity contribution < 1.29 is 27.5 Å². The van der Waals surface area contributed by atoms with Gasteiger partial charge in [-0.2, -0.15) is 0 Å². The molecular formula is C23H25N5O6S. The van der Waals surface area contributed by atoms with Crippen LogP contribution in [0, 0.1) is 0 Å². The van der Waals surface area contributed by atoms with E-state index in [1.807, 2.05) is 0 Å². The van der Waals surface area contributed by atoms with Crippen molar-refractivity contribution in [1.29, 1.82) is 0 Å². The van der Waals surface area contributed by atoms with Crippen LogP contribution in [0.15, 0.2) is 78.0 Å². The number of ether oxygens (including phenoxy) is 2. The van der Waals surface area contributed by atoms with Gasteiger partial charge in [0.05, 0.1) is 23.4 Å². The summed E-state index contributed by atoms with van der Waals surface area (Å²) in [5, 5.41) is 4.24. The summed E-state index contributed by atoms with van der Waals surface area (Å²) in [6, 6.07) is 15.7. The highest BCUT2D eigenvalue weighted by atomic mass is 32.2. The normalized spacial score (nSPS) is 11.1. The molecule has 1 heterocycles. The number of carbonyl (C=O) groups excluding carboxylic acids is 2.